The van der Waals surface area contributed by atoms with Gasteiger partial charge in [0.25, 0.3) is 5.91 Å². The molecule has 2 fully saturated rings. The number of carbonyl (C=O) groups is 4. The number of piperidine rings is 1. The number of nitrogens with zero attached hydrogens (tertiary/aromatic N) is 5. The standard InChI is InChI=1S/C38H51N7O7S/c1-23-31(53-22-42-23)25-10-8-24(9-11-25)17-41-34(48)29-16-27(46)20-45(29)35(49)32(37(2,3)4)43-30(47)21-51-28-18-39-33(40-19-28)26-12-14-44(15-13-26)36(50)52-38(5,6)7/h8-11,18-19,22,26-27,29,32,46H,12-17,20-21H2,1-7H3,(H,41,48)(H,43,47)/t27-,29+,32-/m1/s1. The Kier molecular flexibility index (Phi) is 12.4. The minimum absolute atomic E-state index is 0.0253. The van der Waals surface area contributed by atoms with Crippen molar-refractivity contribution in [1.29, 1.82) is 0 Å². The van der Waals surface area contributed by atoms with Crippen LogP contribution in [0.1, 0.15) is 83.8 Å². The van der Waals surface area contributed by atoms with E-state index in [1.165, 1.54) is 17.3 Å². The van der Waals surface area contributed by atoms with Crippen LogP contribution in [-0.4, -0.2) is 104 Å². The summed E-state index contributed by atoms with van der Waals surface area (Å²) in [6, 6.07) is 5.96. The van der Waals surface area contributed by atoms with Crippen molar-refractivity contribution < 1.29 is 33.8 Å². The second-order valence-electron chi connectivity index (χ2n) is 15.8. The molecule has 3 aromatic rings. The SMILES string of the molecule is Cc1ncsc1-c1ccc(CNC(=O)[C@@H]2C[C@@H](O)CN2C(=O)[C@@H](NC(=O)COc2cnc(C3CCN(C(=O)OC(C)(C)C)CC3)nc2)C(C)(C)C)cc1. The molecule has 14 nitrogen and oxygen atoms in total. The van der Waals surface area contributed by atoms with Gasteiger partial charge in [-0.1, -0.05) is 45.0 Å². The van der Waals surface area contributed by atoms with Gasteiger partial charge in [0.05, 0.1) is 34.6 Å². The van der Waals surface area contributed by atoms with E-state index >= 15 is 0 Å². The second-order valence-corrected chi connectivity index (χ2v) is 16.6. The highest BCUT2D eigenvalue weighted by molar-refractivity contribution is 7.13. The zero-order chi connectivity index (χ0) is 38.5. The fourth-order valence-electron chi connectivity index (χ4n) is 6.39. The summed E-state index contributed by atoms with van der Waals surface area (Å²) in [5.74, 6) is -0.370. The maximum atomic E-state index is 13.9. The highest BCUT2D eigenvalue weighted by Gasteiger charge is 2.44. The number of aryl methyl sites for hydroxylation is 1. The van der Waals surface area contributed by atoms with Crippen molar-refractivity contribution in [1.82, 2.24) is 35.4 Å². The first-order valence-electron chi connectivity index (χ1n) is 18.0. The highest BCUT2D eigenvalue weighted by atomic mass is 32.1. The van der Waals surface area contributed by atoms with E-state index < -0.39 is 41.0 Å². The van der Waals surface area contributed by atoms with E-state index in [1.54, 1.807) is 16.2 Å². The molecular formula is C38H51N7O7S. The fraction of sp³-hybridized carbons (Fsp3) is 0.553. The van der Waals surface area contributed by atoms with Crippen LogP contribution in [0, 0.1) is 12.3 Å². The summed E-state index contributed by atoms with van der Waals surface area (Å²) < 4.78 is 11.1. The van der Waals surface area contributed by atoms with E-state index in [9.17, 15) is 24.3 Å². The predicted molar refractivity (Wildman–Crippen MR) is 199 cm³/mol. The third-order valence-corrected chi connectivity index (χ3v) is 10.2. The van der Waals surface area contributed by atoms with Gasteiger partial charge in [-0.25, -0.2) is 19.7 Å². The summed E-state index contributed by atoms with van der Waals surface area (Å²) >= 11 is 1.57. The Morgan fingerprint density at radius 3 is 2.25 bits per heavy atom. The van der Waals surface area contributed by atoms with Crippen molar-refractivity contribution in [2.45, 2.75) is 104 Å². The fourth-order valence-corrected chi connectivity index (χ4v) is 7.20. The number of ether oxygens (including phenoxy) is 2. The maximum Gasteiger partial charge on any atom is 0.410 e. The van der Waals surface area contributed by atoms with Crippen molar-refractivity contribution in [3.63, 3.8) is 0 Å². The van der Waals surface area contributed by atoms with Gasteiger partial charge in [-0.15, -0.1) is 11.3 Å². The van der Waals surface area contributed by atoms with E-state index in [0.717, 1.165) is 21.7 Å². The number of carbonyl (C=O) groups excluding carboxylic acids is 4. The number of likely N-dealkylation sites (tertiary alicyclic amines) is 2. The normalized spacial score (nSPS) is 18.7. The number of aliphatic hydroxyl groups excluding tert-OH is 1. The first kappa shape index (κ1) is 39.6. The van der Waals surface area contributed by atoms with Crippen LogP contribution < -0.4 is 15.4 Å². The van der Waals surface area contributed by atoms with Gasteiger partial charge in [0.1, 0.15) is 23.5 Å². The molecule has 0 aliphatic carbocycles. The van der Waals surface area contributed by atoms with Crippen molar-refractivity contribution in [3.8, 4) is 16.2 Å². The number of thiazole rings is 1. The van der Waals surface area contributed by atoms with Crippen LogP contribution in [0.15, 0.2) is 42.2 Å². The number of hydrogen-bond donors (Lipinski definition) is 3. The summed E-state index contributed by atoms with van der Waals surface area (Å²) in [7, 11) is 0. The van der Waals surface area contributed by atoms with E-state index in [4.69, 9.17) is 9.47 Å². The Hall–Kier alpha value is -4.63. The number of hydrogen-bond acceptors (Lipinski definition) is 11. The van der Waals surface area contributed by atoms with E-state index in [2.05, 4.69) is 25.6 Å². The Morgan fingerprint density at radius 2 is 1.66 bits per heavy atom. The lowest BCUT2D eigenvalue weighted by Crippen LogP contribution is -2.58. The molecule has 286 valence electrons. The van der Waals surface area contributed by atoms with Gasteiger partial charge in [0.2, 0.25) is 11.8 Å². The average Bonchev–Trinajstić information content (AvgIpc) is 3.72. The molecule has 3 atom stereocenters. The molecule has 2 aliphatic heterocycles. The summed E-state index contributed by atoms with van der Waals surface area (Å²) in [5.41, 5.74) is 3.44. The lowest BCUT2D eigenvalue weighted by Gasteiger charge is -2.35. The quantitative estimate of drug-likeness (QED) is 0.272. The molecule has 5 rings (SSSR count). The molecule has 0 unspecified atom stereocenters. The number of nitrogens with one attached hydrogen (secondary N) is 2. The van der Waals surface area contributed by atoms with Crippen LogP contribution in [0.2, 0.25) is 0 Å². The van der Waals surface area contributed by atoms with Crippen molar-refractivity contribution in [2.24, 2.45) is 5.41 Å². The number of amides is 4. The predicted octanol–water partition coefficient (Wildman–Crippen LogP) is 4.21. The van der Waals surface area contributed by atoms with Gasteiger partial charge in [-0.05, 0) is 57.1 Å². The molecule has 2 aliphatic rings. The van der Waals surface area contributed by atoms with Crippen LogP contribution in [0.5, 0.6) is 5.75 Å². The number of benzene rings is 1. The van der Waals surface area contributed by atoms with Crippen LogP contribution >= 0.6 is 11.3 Å². The van der Waals surface area contributed by atoms with Gasteiger partial charge in [-0.2, -0.15) is 0 Å². The molecule has 4 heterocycles. The number of β-amino-alcohol motifs (C(OH)–C–C–N with tert-alkyl or cyclic N) is 1. The second kappa shape index (κ2) is 16.6. The topological polar surface area (TPSA) is 176 Å². The van der Waals surface area contributed by atoms with Crippen molar-refractivity contribution in [2.75, 3.05) is 26.2 Å². The van der Waals surface area contributed by atoms with E-state index in [0.29, 0.717) is 37.5 Å². The molecule has 15 heteroatoms. The molecule has 0 bridgehead atoms. The molecular weight excluding hydrogens is 699 g/mol. The first-order valence-corrected chi connectivity index (χ1v) is 18.8. The first-order chi connectivity index (χ1) is 25.0. The third-order valence-electron chi connectivity index (χ3n) is 9.24. The number of rotatable bonds is 10. The van der Waals surface area contributed by atoms with Gasteiger partial charge in [-0.3, -0.25) is 14.4 Å². The Bertz CT molecular complexity index is 1740. The summed E-state index contributed by atoms with van der Waals surface area (Å²) in [5, 5.41) is 16.2. The van der Waals surface area contributed by atoms with E-state index in [1.807, 2.05) is 78.2 Å². The van der Waals surface area contributed by atoms with E-state index in [-0.39, 0.29) is 44.0 Å². The Morgan fingerprint density at radius 1 is 1.00 bits per heavy atom. The smallest absolute Gasteiger partial charge is 0.410 e. The Labute approximate surface area is 314 Å². The molecule has 0 spiro atoms. The minimum Gasteiger partial charge on any atom is -0.481 e. The number of aromatic nitrogens is 3. The molecule has 1 aromatic carbocycles. The lowest BCUT2D eigenvalue weighted by molar-refractivity contribution is -0.144. The molecule has 53 heavy (non-hydrogen) atoms. The van der Waals surface area contributed by atoms with Gasteiger partial charge < -0.3 is 35.0 Å². The highest BCUT2D eigenvalue weighted by Crippen LogP contribution is 2.29. The maximum absolute atomic E-state index is 13.9. The van der Waals surface area contributed by atoms with Crippen LogP contribution in [0.4, 0.5) is 4.79 Å². The summed E-state index contributed by atoms with van der Waals surface area (Å²) in [4.78, 5) is 70.2. The van der Waals surface area contributed by atoms with Crippen LogP contribution in [-0.2, 0) is 25.7 Å². The average molecular weight is 750 g/mol. The molecule has 2 aromatic heterocycles. The zero-order valence-corrected chi connectivity index (χ0v) is 32.4. The van der Waals surface area contributed by atoms with Gasteiger partial charge in [0.15, 0.2) is 12.4 Å². The molecule has 0 radical (unpaired) electrons. The molecule has 2 saturated heterocycles. The molecule has 3 N–H and O–H groups in total. The van der Waals surface area contributed by atoms with Crippen LogP contribution in [0.25, 0.3) is 10.4 Å². The van der Waals surface area contributed by atoms with Crippen molar-refractivity contribution in [3.05, 3.63) is 59.3 Å². The zero-order valence-electron chi connectivity index (χ0n) is 31.5. The van der Waals surface area contributed by atoms with Gasteiger partial charge >= 0.3 is 6.09 Å². The number of aliphatic hydroxyl groups is 1. The minimum atomic E-state index is -0.993. The van der Waals surface area contributed by atoms with Crippen LogP contribution in [0.3, 0.4) is 0 Å². The van der Waals surface area contributed by atoms with Crippen molar-refractivity contribution >= 4 is 35.2 Å². The summed E-state index contributed by atoms with van der Waals surface area (Å²) in [6.45, 7) is 13.9. The Balaban J connectivity index is 1.12. The molecule has 0 saturated carbocycles. The van der Waals surface area contributed by atoms with Gasteiger partial charge in [0, 0.05) is 38.5 Å². The largest absolute Gasteiger partial charge is 0.481 e. The third kappa shape index (κ3) is 10.5. The molecule has 4 amide bonds. The lowest BCUT2D eigenvalue weighted by atomic mass is 9.85. The monoisotopic (exact) mass is 749 g/mol. The summed E-state index contributed by atoms with van der Waals surface area (Å²) in [6.07, 6.45) is 3.30.